The molecule has 1 unspecified atom stereocenters. The highest BCUT2D eigenvalue weighted by Gasteiger charge is 2.29. The lowest BCUT2D eigenvalue weighted by atomic mass is 9.93. The molecule has 0 N–H and O–H groups in total. The number of nitrogens with zero attached hydrogens (tertiary/aromatic N) is 1. The topological polar surface area (TPSA) is 50.1 Å². The first-order valence-electron chi connectivity index (χ1n) is 7.25. The molecule has 1 saturated carbocycles. The summed E-state index contributed by atoms with van der Waals surface area (Å²) in [6.07, 6.45) is 2.81. The van der Waals surface area contributed by atoms with Crippen molar-refractivity contribution in [3.05, 3.63) is 29.8 Å². The van der Waals surface area contributed by atoms with Crippen LogP contribution in [-0.2, 0) is 4.79 Å². The molecule has 0 aliphatic heterocycles. The number of carbonyl (C=O) groups excluding carboxylic acids is 1. The first-order valence-corrected chi connectivity index (χ1v) is 7.25. The zero-order valence-corrected chi connectivity index (χ0v) is 12.1. The van der Waals surface area contributed by atoms with E-state index >= 15 is 0 Å². The van der Waals surface area contributed by atoms with Crippen molar-refractivity contribution in [3.8, 4) is 11.8 Å². The van der Waals surface area contributed by atoms with Crippen molar-refractivity contribution in [1.29, 1.82) is 5.26 Å². The quantitative estimate of drug-likeness (QED) is 0.759. The van der Waals surface area contributed by atoms with Crippen LogP contribution in [0.5, 0.6) is 5.75 Å². The largest absolute Gasteiger partial charge is 0.493 e. The van der Waals surface area contributed by atoms with Crippen molar-refractivity contribution >= 4 is 5.78 Å². The molecule has 1 aromatic rings. The second kappa shape index (κ2) is 6.56. The van der Waals surface area contributed by atoms with E-state index < -0.39 is 5.92 Å². The summed E-state index contributed by atoms with van der Waals surface area (Å²) in [6, 6.07) is 9.47. The Balaban J connectivity index is 1.99. The number of ketones is 1. The number of hydrogen-bond donors (Lipinski definition) is 0. The third-order valence-corrected chi connectivity index (χ3v) is 3.43. The monoisotopic (exact) mass is 271 g/mol. The fraction of sp³-hybridized carbons (Fsp3) is 0.529. The predicted octanol–water partition coefficient (Wildman–Crippen LogP) is 3.70. The van der Waals surface area contributed by atoms with Crippen molar-refractivity contribution in [2.75, 3.05) is 6.61 Å². The molecular formula is C17H21NO2. The van der Waals surface area contributed by atoms with Gasteiger partial charge >= 0.3 is 0 Å². The molecule has 1 aliphatic carbocycles. The zero-order valence-electron chi connectivity index (χ0n) is 12.1. The van der Waals surface area contributed by atoms with Crippen LogP contribution in [0.25, 0.3) is 0 Å². The standard InChI is InChI=1S/C17H21NO2/c1-12(2)11-20-15-7-5-14(6-8-15)16(10-18)17(19)9-13-3-4-13/h5-8,12-13,16H,3-4,9,11H2,1-2H3. The smallest absolute Gasteiger partial charge is 0.154 e. The number of hydrogen-bond acceptors (Lipinski definition) is 3. The number of Topliss-reactive ketones (excluding diaryl/α,β-unsaturated/α-hetero) is 1. The van der Waals surface area contributed by atoms with Gasteiger partial charge < -0.3 is 4.74 Å². The molecule has 0 aromatic heterocycles. The molecule has 1 atom stereocenters. The number of nitriles is 1. The molecule has 1 aliphatic rings. The summed E-state index contributed by atoms with van der Waals surface area (Å²) in [4.78, 5) is 12.1. The van der Waals surface area contributed by atoms with E-state index in [0.717, 1.165) is 24.2 Å². The Morgan fingerprint density at radius 2 is 2.00 bits per heavy atom. The Morgan fingerprint density at radius 3 is 2.50 bits per heavy atom. The van der Waals surface area contributed by atoms with Crippen LogP contribution in [0.4, 0.5) is 0 Å². The molecule has 3 heteroatoms. The van der Waals surface area contributed by atoms with Gasteiger partial charge in [-0.25, -0.2) is 0 Å². The Bertz CT molecular complexity index is 495. The first kappa shape index (κ1) is 14.6. The highest BCUT2D eigenvalue weighted by atomic mass is 16.5. The summed E-state index contributed by atoms with van der Waals surface area (Å²) < 4.78 is 5.60. The molecule has 0 saturated heterocycles. The molecule has 3 nitrogen and oxygen atoms in total. The van der Waals surface area contributed by atoms with Gasteiger partial charge in [-0.15, -0.1) is 0 Å². The number of carbonyl (C=O) groups is 1. The number of ether oxygens (including phenoxy) is 1. The lowest BCUT2D eigenvalue weighted by molar-refractivity contribution is -0.119. The van der Waals surface area contributed by atoms with Crippen LogP contribution in [0, 0.1) is 23.2 Å². The molecule has 0 heterocycles. The maximum atomic E-state index is 12.1. The van der Waals surface area contributed by atoms with E-state index in [1.54, 1.807) is 0 Å². The van der Waals surface area contributed by atoms with Gasteiger partial charge in [0.25, 0.3) is 0 Å². The van der Waals surface area contributed by atoms with Crippen molar-refractivity contribution in [3.63, 3.8) is 0 Å². The minimum atomic E-state index is -0.630. The Labute approximate surface area is 120 Å². The predicted molar refractivity (Wildman–Crippen MR) is 77.5 cm³/mol. The van der Waals surface area contributed by atoms with Crippen molar-refractivity contribution in [1.82, 2.24) is 0 Å². The maximum Gasteiger partial charge on any atom is 0.154 e. The van der Waals surface area contributed by atoms with E-state index in [9.17, 15) is 10.1 Å². The molecule has 0 amide bonds. The van der Waals surface area contributed by atoms with Gasteiger partial charge in [-0.1, -0.05) is 26.0 Å². The van der Waals surface area contributed by atoms with Crippen molar-refractivity contribution in [2.24, 2.45) is 11.8 Å². The van der Waals surface area contributed by atoms with E-state index in [0.29, 0.717) is 24.9 Å². The van der Waals surface area contributed by atoms with E-state index in [4.69, 9.17) is 4.74 Å². The highest BCUT2D eigenvalue weighted by molar-refractivity contribution is 5.88. The van der Waals surface area contributed by atoms with Crippen LogP contribution in [0.1, 0.15) is 44.6 Å². The van der Waals surface area contributed by atoms with Crippen LogP contribution >= 0.6 is 0 Å². The Kier molecular flexibility index (Phi) is 4.79. The van der Waals surface area contributed by atoms with Gasteiger partial charge in [-0.2, -0.15) is 5.26 Å². The summed E-state index contributed by atoms with van der Waals surface area (Å²) in [6.45, 7) is 4.86. The van der Waals surface area contributed by atoms with Crippen LogP contribution in [0.15, 0.2) is 24.3 Å². The summed E-state index contributed by atoms with van der Waals surface area (Å²) in [5, 5.41) is 9.23. The lowest BCUT2D eigenvalue weighted by Crippen LogP contribution is -2.11. The van der Waals surface area contributed by atoms with Gasteiger partial charge in [-0.05, 0) is 42.4 Å². The van der Waals surface area contributed by atoms with E-state index in [1.807, 2.05) is 24.3 Å². The maximum absolute atomic E-state index is 12.1. The average molecular weight is 271 g/mol. The SMILES string of the molecule is CC(C)COc1ccc(C(C#N)C(=O)CC2CC2)cc1. The van der Waals surface area contributed by atoms with Gasteiger partial charge in [0.1, 0.15) is 11.7 Å². The van der Waals surface area contributed by atoms with Gasteiger partial charge in [0.15, 0.2) is 5.78 Å². The van der Waals surface area contributed by atoms with Gasteiger partial charge in [0, 0.05) is 6.42 Å². The van der Waals surface area contributed by atoms with E-state index in [1.165, 1.54) is 0 Å². The fourth-order valence-corrected chi connectivity index (χ4v) is 2.08. The molecule has 106 valence electrons. The first-order chi connectivity index (χ1) is 9.60. The fourth-order valence-electron chi connectivity index (χ4n) is 2.08. The zero-order chi connectivity index (χ0) is 14.5. The highest BCUT2D eigenvalue weighted by Crippen LogP contribution is 2.35. The second-order valence-corrected chi connectivity index (χ2v) is 5.95. The van der Waals surface area contributed by atoms with Crippen LogP contribution in [0.2, 0.25) is 0 Å². The third kappa shape index (κ3) is 4.09. The molecule has 20 heavy (non-hydrogen) atoms. The summed E-state index contributed by atoms with van der Waals surface area (Å²) in [5.74, 6) is 1.20. The minimum Gasteiger partial charge on any atom is -0.493 e. The second-order valence-electron chi connectivity index (χ2n) is 5.95. The van der Waals surface area contributed by atoms with Gasteiger partial charge in [0.05, 0.1) is 12.7 Å². The molecule has 1 aromatic carbocycles. The Hall–Kier alpha value is -1.82. The third-order valence-electron chi connectivity index (χ3n) is 3.43. The molecule has 2 rings (SSSR count). The van der Waals surface area contributed by atoms with E-state index in [-0.39, 0.29) is 5.78 Å². The molecule has 0 radical (unpaired) electrons. The number of benzene rings is 1. The normalized spacial score (nSPS) is 15.7. The summed E-state index contributed by atoms with van der Waals surface area (Å²) in [7, 11) is 0. The molecule has 0 spiro atoms. The minimum absolute atomic E-state index is 0.0471. The average Bonchev–Trinajstić information content (AvgIpc) is 3.22. The van der Waals surface area contributed by atoms with Crippen LogP contribution in [0.3, 0.4) is 0 Å². The molecular weight excluding hydrogens is 250 g/mol. The molecule has 1 fully saturated rings. The van der Waals surface area contributed by atoms with Gasteiger partial charge in [0.2, 0.25) is 0 Å². The van der Waals surface area contributed by atoms with Crippen molar-refractivity contribution < 1.29 is 9.53 Å². The summed E-state index contributed by atoms with van der Waals surface area (Å²) >= 11 is 0. The lowest BCUT2D eigenvalue weighted by Gasteiger charge is -2.11. The molecule has 0 bridgehead atoms. The van der Waals surface area contributed by atoms with Crippen LogP contribution < -0.4 is 4.74 Å². The number of rotatable bonds is 7. The van der Waals surface area contributed by atoms with Gasteiger partial charge in [-0.3, -0.25) is 4.79 Å². The van der Waals surface area contributed by atoms with Crippen molar-refractivity contribution in [2.45, 2.75) is 39.0 Å². The Morgan fingerprint density at radius 1 is 1.35 bits per heavy atom. The van der Waals surface area contributed by atoms with Crippen LogP contribution in [-0.4, -0.2) is 12.4 Å². The summed E-state index contributed by atoms with van der Waals surface area (Å²) in [5.41, 5.74) is 0.773. The van der Waals surface area contributed by atoms with E-state index in [2.05, 4.69) is 19.9 Å².